The SMILES string of the molecule is CCOC(=O)C(C)Nc1c(F)cccc1F. The van der Waals surface area contributed by atoms with Gasteiger partial charge in [0.15, 0.2) is 0 Å². The molecular formula is C11H13F2NO2. The summed E-state index contributed by atoms with van der Waals surface area (Å²) in [7, 11) is 0. The van der Waals surface area contributed by atoms with Crippen molar-refractivity contribution in [2.75, 3.05) is 11.9 Å². The molecule has 1 atom stereocenters. The fourth-order valence-corrected chi connectivity index (χ4v) is 1.18. The minimum Gasteiger partial charge on any atom is -0.464 e. The predicted octanol–water partition coefficient (Wildman–Crippen LogP) is 2.33. The van der Waals surface area contributed by atoms with Gasteiger partial charge in [-0.3, -0.25) is 0 Å². The minimum absolute atomic E-state index is 0.227. The zero-order valence-electron chi connectivity index (χ0n) is 9.09. The van der Waals surface area contributed by atoms with E-state index in [2.05, 4.69) is 5.32 Å². The van der Waals surface area contributed by atoms with Crippen LogP contribution in [0.15, 0.2) is 18.2 Å². The molecule has 1 rings (SSSR count). The molecule has 0 fully saturated rings. The van der Waals surface area contributed by atoms with E-state index < -0.39 is 23.6 Å². The Balaban J connectivity index is 2.76. The number of carbonyl (C=O) groups excluding carboxylic acids is 1. The lowest BCUT2D eigenvalue weighted by atomic mass is 10.2. The summed E-state index contributed by atoms with van der Waals surface area (Å²) in [4.78, 5) is 11.2. The third kappa shape index (κ3) is 2.92. The number of nitrogens with one attached hydrogen (secondary N) is 1. The van der Waals surface area contributed by atoms with Gasteiger partial charge >= 0.3 is 5.97 Å². The normalized spacial score (nSPS) is 12.0. The molecule has 0 aliphatic carbocycles. The van der Waals surface area contributed by atoms with Crippen LogP contribution in [-0.2, 0) is 9.53 Å². The van der Waals surface area contributed by atoms with Crippen LogP contribution in [0.1, 0.15) is 13.8 Å². The summed E-state index contributed by atoms with van der Waals surface area (Å²) >= 11 is 0. The van der Waals surface area contributed by atoms with Crippen molar-refractivity contribution < 1.29 is 18.3 Å². The first kappa shape index (κ1) is 12.4. The van der Waals surface area contributed by atoms with Crippen molar-refractivity contribution in [1.82, 2.24) is 0 Å². The van der Waals surface area contributed by atoms with Crippen molar-refractivity contribution in [3.63, 3.8) is 0 Å². The smallest absolute Gasteiger partial charge is 0.328 e. The number of anilines is 1. The molecule has 0 saturated heterocycles. The minimum atomic E-state index is -0.800. The highest BCUT2D eigenvalue weighted by molar-refractivity contribution is 5.78. The second-order valence-corrected chi connectivity index (χ2v) is 3.21. The van der Waals surface area contributed by atoms with Crippen LogP contribution in [0.5, 0.6) is 0 Å². The van der Waals surface area contributed by atoms with E-state index in [0.717, 1.165) is 12.1 Å². The first-order valence-electron chi connectivity index (χ1n) is 4.93. The Kier molecular flexibility index (Phi) is 4.22. The molecular weight excluding hydrogens is 216 g/mol. The molecule has 0 heterocycles. The van der Waals surface area contributed by atoms with Crippen LogP contribution in [0, 0.1) is 11.6 Å². The van der Waals surface area contributed by atoms with Crippen LogP contribution in [0.4, 0.5) is 14.5 Å². The number of benzene rings is 1. The molecule has 88 valence electrons. The molecule has 0 bridgehead atoms. The van der Waals surface area contributed by atoms with Gasteiger partial charge in [0, 0.05) is 0 Å². The van der Waals surface area contributed by atoms with E-state index in [1.54, 1.807) is 6.92 Å². The van der Waals surface area contributed by atoms with Gasteiger partial charge in [0.2, 0.25) is 0 Å². The summed E-state index contributed by atoms with van der Waals surface area (Å²) in [5, 5.41) is 2.44. The van der Waals surface area contributed by atoms with Gasteiger partial charge in [0.05, 0.1) is 6.61 Å². The van der Waals surface area contributed by atoms with E-state index in [1.807, 2.05) is 0 Å². The molecule has 0 aliphatic rings. The molecule has 0 saturated carbocycles. The number of rotatable bonds is 4. The molecule has 1 N–H and O–H groups in total. The number of halogens is 2. The summed E-state index contributed by atoms with van der Waals surface area (Å²) in [6.45, 7) is 3.36. The maximum atomic E-state index is 13.2. The lowest BCUT2D eigenvalue weighted by Crippen LogP contribution is -2.29. The average molecular weight is 229 g/mol. The monoisotopic (exact) mass is 229 g/mol. The zero-order valence-corrected chi connectivity index (χ0v) is 9.09. The van der Waals surface area contributed by atoms with E-state index in [4.69, 9.17) is 4.74 Å². The van der Waals surface area contributed by atoms with Gasteiger partial charge in [-0.1, -0.05) is 6.07 Å². The molecule has 1 unspecified atom stereocenters. The molecule has 0 radical (unpaired) electrons. The maximum absolute atomic E-state index is 13.2. The largest absolute Gasteiger partial charge is 0.464 e. The Morgan fingerprint density at radius 2 is 2.00 bits per heavy atom. The topological polar surface area (TPSA) is 38.3 Å². The third-order valence-corrected chi connectivity index (χ3v) is 1.96. The lowest BCUT2D eigenvalue weighted by molar-refractivity contribution is -0.143. The van der Waals surface area contributed by atoms with Crippen LogP contribution in [-0.4, -0.2) is 18.6 Å². The maximum Gasteiger partial charge on any atom is 0.328 e. The molecule has 3 nitrogen and oxygen atoms in total. The number of ether oxygens (including phenoxy) is 1. The predicted molar refractivity (Wildman–Crippen MR) is 56.1 cm³/mol. The van der Waals surface area contributed by atoms with E-state index in [1.165, 1.54) is 13.0 Å². The Morgan fingerprint density at radius 3 is 2.50 bits per heavy atom. The molecule has 0 aromatic heterocycles. The van der Waals surface area contributed by atoms with Crippen LogP contribution < -0.4 is 5.32 Å². The average Bonchev–Trinajstić information content (AvgIpc) is 2.23. The number of carbonyl (C=O) groups is 1. The van der Waals surface area contributed by atoms with E-state index in [0.29, 0.717) is 0 Å². The highest BCUT2D eigenvalue weighted by Gasteiger charge is 2.17. The number of hydrogen-bond acceptors (Lipinski definition) is 3. The standard InChI is InChI=1S/C11H13F2NO2/c1-3-16-11(15)7(2)14-10-8(12)5-4-6-9(10)13/h4-7,14H,3H2,1-2H3. The summed E-state index contributed by atoms with van der Waals surface area (Å²) in [5.74, 6) is -2.03. The van der Waals surface area contributed by atoms with Crippen LogP contribution in [0.25, 0.3) is 0 Å². The first-order valence-corrected chi connectivity index (χ1v) is 4.93. The van der Waals surface area contributed by atoms with E-state index in [-0.39, 0.29) is 12.3 Å². The number of esters is 1. The van der Waals surface area contributed by atoms with Crippen molar-refractivity contribution in [1.29, 1.82) is 0 Å². The second-order valence-electron chi connectivity index (χ2n) is 3.21. The lowest BCUT2D eigenvalue weighted by Gasteiger charge is -2.14. The fraction of sp³-hybridized carbons (Fsp3) is 0.364. The molecule has 0 spiro atoms. The molecule has 5 heteroatoms. The summed E-state index contributed by atoms with van der Waals surface area (Å²) in [6.07, 6.45) is 0. The molecule has 1 aromatic rings. The molecule has 0 amide bonds. The number of para-hydroxylation sites is 1. The quantitative estimate of drug-likeness (QED) is 0.805. The van der Waals surface area contributed by atoms with Gasteiger partial charge in [-0.2, -0.15) is 0 Å². The third-order valence-electron chi connectivity index (χ3n) is 1.96. The molecule has 0 aliphatic heterocycles. The Hall–Kier alpha value is -1.65. The second kappa shape index (κ2) is 5.44. The van der Waals surface area contributed by atoms with Crippen molar-refractivity contribution in [2.45, 2.75) is 19.9 Å². The molecule has 1 aromatic carbocycles. The van der Waals surface area contributed by atoms with Crippen LogP contribution >= 0.6 is 0 Å². The van der Waals surface area contributed by atoms with E-state index >= 15 is 0 Å². The zero-order chi connectivity index (χ0) is 12.1. The number of hydrogen-bond donors (Lipinski definition) is 1. The van der Waals surface area contributed by atoms with Gasteiger partial charge < -0.3 is 10.1 Å². The van der Waals surface area contributed by atoms with Crippen molar-refractivity contribution in [2.24, 2.45) is 0 Å². The summed E-state index contributed by atoms with van der Waals surface area (Å²) in [6, 6.07) is 2.68. The van der Waals surface area contributed by atoms with Crippen LogP contribution in [0.2, 0.25) is 0 Å². The Labute approximate surface area is 92.4 Å². The molecule has 16 heavy (non-hydrogen) atoms. The van der Waals surface area contributed by atoms with Gasteiger partial charge in [-0.05, 0) is 26.0 Å². The van der Waals surface area contributed by atoms with Crippen molar-refractivity contribution >= 4 is 11.7 Å². The van der Waals surface area contributed by atoms with Crippen molar-refractivity contribution in [3.8, 4) is 0 Å². The van der Waals surface area contributed by atoms with Gasteiger partial charge in [0.1, 0.15) is 23.4 Å². The first-order chi connectivity index (χ1) is 7.56. The van der Waals surface area contributed by atoms with Crippen molar-refractivity contribution in [3.05, 3.63) is 29.8 Å². The fourth-order valence-electron chi connectivity index (χ4n) is 1.18. The van der Waals surface area contributed by atoms with E-state index in [9.17, 15) is 13.6 Å². The summed E-state index contributed by atoms with van der Waals surface area (Å²) < 4.78 is 31.1. The van der Waals surface area contributed by atoms with Gasteiger partial charge in [-0.25, -0.2) is 13.6 Å². The summed E-state index contributed by atoms with van der Waals surface area (Å²) in [5.41, 5.74) is -0.317. The highest BCUT2D eigenvalue weighted by Crippen LogP contribution is 2.18. The van der Waals surface area contributed by atoms with Gasteiger partial charge in [-0.15, -0.1) is 0 Å². The van der Waals surface area contributed by atoms with Crippen LogP contribution in [0.3, 0.4) is 0 Å². The van der Waals surface area contributed by atoms with Gasteiger partial charge in [0.25, 0.3) is 0 Å². The Morgan fingerprint density at radius 1 is 1.44 bits per heavy atom. The highest BCUT2D eigenvalue weighted by atomic mass is 19.1. The Bertz CT molecular complexity index is 362.